The van der Waals surface area contributed by atoms with E-state index >= 15 is 0 Å². The van der Waals surface area contributed by atoms with Crippen molar-refractivity contribution in [1.29, 1.82) is 0 Å². The van der Waals surface area contributed by atoms with Crippen LogP contribution in [0.25, 0.3) is 16.7 Å². The molecule has 0 bridgehead atoms. The molecule has 5 rings (SSSR count). The molecule has 0 fully saturated rings. The maximum absolute atomic E-state index is 12.8. The number of hydrogen-bond donors (Lipinski definition) is 2. The molecule has 7 nitrogen and oxygen atoms in total. The van der Waals surface area contributed by atoms with Gasteiger partial charge in [0.1, 0.15) is 6.33 Å². The second-order valence-corrected chi connectivity index (χ2v) is 8.81. The molecule has 3 aromatic carbocycles. The highest BCUT2D eigenvalue weighted by atomic mass is 32.2. The van der Waals surface area contributed by atoms with Crippen LogP contribution in [0, 0.1) is 0 Å². The van der Waals surface area contributed by atoms with Gasteiger partial charge in [-0.2, -0.15) is 0 Å². The van der Waals surface area contributed by atoms with Crippen LogP contribution >= 0.6 is 0 Å². The fraction of sp³-hybridized carbons (Fsp3) is 0.0909. The summed E-state index contributed by atoms with van der Waals surface area (Å²) in [7, 11) is -3.74. The van der Waals surface area contributed by atoms with Gasteiger partial charge in [0.25, 0.3) is 10.0 Å². The van der Waals surface area contributed by atoms with E-state index in [1.165, 1.54) is 6.07 Å². The Morgan fingerprint density at radius 2 is 1.77 bits per heavy atom. The predicted molar refractivity (Wildman–Crippen MR) is 115 cm³/mol. The number of aryl methyl sites for hydroxylation is 1. The number of anilines is 2. The second-order valence-electron chi connectivity index (χ2n) is 7.12. The number of imidazole rings is 1. The van der Waals surface area contributed by atoms with Crippen molar-refractivity contribution < 1.29 is 13.2 Å². The van der Waals surface area contributed by atoms with Crippen LogP contribution in [0.3, 0.4) is 0 Å². The summed E-state index contributed by atoms with van der Waals surface area (Å²) in [5.74, 6) is -0.0537. The number of hydrogen-bond acceptors (Lipinski definition) is 4. The summed E-state index contributed by atoms with van der Waals surface area (Å²) in [5, 5.41) is 2.76. The first-order chi connectivity index (χ1) is 14.5. The van der Waals surface area contributed by atoms with E-state index in [0.29, 0.717) is 24.2 Å². The van der Waals surface area contributed by atoms with Crippen molar-refractivity contribution in [2.75, 3.05) is 10.0 Å². The highest BCUT2D eigenvalue weighted by Crippen LogP contribution is 2.27. The van der Waals surface area contributed by atoms with Crippen LogP contribution in [0.5, 0.6) is 0 Å². The number of nitrogens with zero attached hydrogens (tertiary/aromatic N) is 2. The molecule has 4 aromatic rings. The summed E-state index contributed by atoms with van der Waals surface area (Å²) >= 11 is 0. The van der Waals surface area contributed by atoms with Gasteiger partial charge in [0, 0.05) is 23.5 Å². The first-order valence-electron chi connectivity index (χ1n) is 9.48. The highest BCUT2D eigenvalue weighted by molar-refractivity contribution is 7.92. The molecule has 8 heteroatoms. The summed E-state index contributed by atoms with van der Waals surface area (Å²) in [6.45, 7) is 0. The van der Waals surface area contributed by atoms with Gasteiger partial charge in [0.05, 0.1) is 15.9 Å². The molecule has 1 aliphatic heterocycles. The third-order valence-electron chi connectivity index (χ3n) is 5.13. The van der Waals surface area contributed by atoms with Gasteiger partial charge < -0.3 is 5.32 Å². The topological polar surface area (TPSA) is 93.1 Å². The molecule has 0 aliphatic carbocycles. The number of rotatable bonds is 4. The number of para-hydroxylation sites is 2. The van der Waals surface area contributed by atoms with E-state index in [0.717, 1.165) is 22.3 Å². The van der Waals surface area contributed by atoms with Crippen LogP contribution in [0.4, 0.5) is 11.4 Å². The summed E-state index contributed by atoms with van der Waals surface area (Å²) < 4.78 is 30.2. The van der Waals surface area contributed by atoms with Gasteiger partial charge in [-0.05, 0) is 66.6 Å². The zero-order chi connectivity index (χ0) is 20.7. The number of fused-ring (bicyclic) bond motifs is 2. The Kier molecular flexibility index (Phi) is 4.29. The molecule has 150 valence electrons. The SMILES string of the molecule is O=C1CCc2cc(S(=O)(=O)Nc3ccc(-n4cnc5ccccc54)cc3)ccc2N1. The van der Waals surface area contributed by atoms with E-state index < -0.39 is 10.0 Å². The molecule has 30 heavy (non-hydrogen) atoms. The average Bonchev–Trinajstić information content (AvgIpc) is 3.18. The lowest BCUT2D eigenvalue weighted by molar-refractivity contribution is -0.116. The largest absolute Gasteiger partial charge is 0.326 e. The zero-order valence-corrected chi connectivity index (χ0v) is 16.7. The van der Waals surface area contributed by atoms with E-state index in [1.54, 1.807) is 30.6 Å². The zero-order valence-electron chi connectivity index (χ0n) is 15.9. The molecule has 0 saturated heterocycles. The highest BCUT2D eigenvalue weighted by Gasteiger charge is 2.20. The molecule has 1 amide bonds. The number of carbonyl (C=O) groups excluding carboxylic acids is 1. The third-order valence-corrected chi connectivity index (χ3v) is 6.51. The monoisotopic (exact) mass is 418 g/mol. The van der Waals surface area contributed by atoms with Crippen LogP contribution in [0.15, 0.2) is 78.0 Å². The van der Waals surface area contributed by atoms with Crippen molar-refractivity contribution in [2.24, 2.45) is 0 Å². The maximum Gasteiger partial charge on any atom is 0.261 e. The van der Waals surface area contributed by atoms with Crippen molar-refractivity contribution in [3.63, 3.8) is 0 Å². The summed E-state index contributed by atoms with van der Waals surface area (Å²) in [5.41, 5.74) is 4.71. The molecule has 0 radical (unpaired) electrons. The number of carbonyl (C=O) groups is 1. The number of nitrogens with one attached hydrogen (secondary N) is 2. The fourth-order valence-corrected chi connectivity index (χ4v) is 4.70. The molecular weight excluding hydrogens is 400 g/mol. The summed E-state index contributed by atoms with van der Waals surface area (Å²) in [6, 6.07) is 19.7. The first kappa shape index (κ1) is 18.4. The van der Waals surface area contributed by atoms with Gasteiger partial charge in [0.15, 0.2) is 0 Å². The van der Waals surface area contributed by atoms with E-state index in [2.05, 4.69) is 15.0 Å². The molecule has 0 saturated carbocycles. The van der Waals surface area contributed by atoms with Crippen LogP contribution in [-0.4, -0.2) is 23.9 Å². The fourth-order valence-electron chi connectivity index (χ4n) is 3.60. The van der Waals surface area contributed by atoms with E-state index in [-0.39, 0.29) is 10.8 Å². The standard InChI is InChI=1S/C22H18N4O3S/c27-22-12-5-15-13-18(10-11-19(15)24-22)30(28,29)25-16-6-8-17(9-7-16)26-14-23-20-3-1-2-4-21(20)26/h1-4,6-11,13-14,25H,5,12H2,(H,24,27). The Balaban J connectivity index is 1.40. The van der Waals surface area contributed by atoms with Gasteiger partial charge in [-0.25, -0.2) is 13.4 Å². The normalized spacial score (nSPS) is 13.7. The van der Waals surface area contributed by atoms with E-state index in [1.807, 2.05) is 41.0 Å². The average molecular weight is 418 g/mol. The minimum Gasteiger partial charge on any atom is -0.326 e. The minimum absolute atomic E-state index is 0.0537. The van der Waals surface area contributed by atoms with E-state index in [9.17, 15) is 13.2 Å². The van der Waals surface area contributed by atoms with Gasteiger partial charge in [0.2, 0.25) is 5.91 Å². The molecule has 0 spiro atoms. The van der Waals surface area contributed by atoms with Crippen LogP contribution in [0.2, 0.25) is 0 Å². The minimum atomic E-state index is -3.74. The lowest BCUT2D eigenvalue weighted by Gasteiger charge is -2.18. The number of sulfonamides is 1. The third kappa shape index (κ3) is 3.31. The Bertz CT molecular complexity index is 1380. The van der Waals surface area contributed by atoms with Crippen molar-refractivity contribution in [3.05, 3.63) is 78.6 Å². The number of aromatic nitrogens is 2. The van der Waals surface area contributed by atoms with Crippen LogP contribution in [-0.2, 0) is 21.2 Å². The predicted octanol–water partition coefficient (Wildman–Crippen LogP) is 3.71. The molecule has 0 unspecified atom stereocenters. The molecule has 2 heterocycles. The van der Waals surface area contributed by atoms with Crippen molar-refractivity contribution >= 4 is 38.3 Å². The molecular formula is C22H18N4O3S. The van der Waals surface area contributed by atoms with Crippen molar-refractivity contribution in [1.82, 2.24) is 9.55 Å². The van der Waals surface area contributed by atoms with Crippen molar-refractivity contribution in [2.45, 2.75) is 17.7 Å². The summed E-state index contributed by atoms with van der Waals surface area (Å²) in [4.78, 5) is 16.0. The maximum atomic E-state index is 12.8. The first-order valence-corrected chi connectivity index (χ1v) is 11.0. The Labute approximate surface area is 173 Å². The Hall–Kier alpha value is -3.65. The van der Waals surface area contributed by atoms with Crippen LogP contribution in [0.1, 0.15) is 12.0 Å². The van der Waals surface area contributed by atoms with Gasteiger partial charge in [-0.15, -0.1) is 0 Å². The quantitative estimate of drug-likeness (QED) is 0.528. The Morgan fingerprint density at radius 3 is 2.60 bits per heavy atom. The summed E-state index contributed by atoms with van der Waals surface area (Å²) in [6.07, 6.45) is 2.63. The molecule has 1 aliphatic rings. The number of benzene rings is 3. The Morgan fingerprint density at radius 1 is 0.967 bits per heavy atom. The molecule has 0 atom stereocenters. The molecule has 2 N–H and O–H groups in total. The lowest BCUT2D eigenvalue weighted by atomic mass is 10.0. The molecule has 1 aromatic heterocycles. The van der Waals surface area contributed by atoms with Crippen LogP contribution < -0.4 is 10.0 Å². The lowest BCUT2D eigenvalue weighted by Crippen LogP contribution is -2.20. The van der Waals surface area contributed by atoms with Gasteiger partial charge >= 0.3 is 0 Å². The van der Waals surface area contributed by atoms with E-state index in [4.69, 9.17) is 0 Å². The van der Waals surface area contributed by atoms with Crippen molar-refractivity contribution in [3.8, 4) is 5.69 Å². The van der Waals surface area contributed by atoms with Gasteiger partial charge in [-0.3, -0.25) is 14.1 Å². The smallest absolute Gasteiger partial charge is 0.261 e. The second kappa shape index (κ2) is 7.00. The number of amides is 1. The van der Waals surface area contributed by atoms with Gasteiger partial charge in [-0.1, -0.05) is 12.1 Å².